The SMILES string of the molecule is COCN(Sc1cccc(C(=O)OC)c1)c1nc(/C(C)=C/CO)cc(-c2c(C)cccc2C)n1. The second-order valence-corrected chi connectivity index (χ2v) is 8.78. The van der Waals surface area contributed by atoms with Gasteiger partial charge in [-0.1, -0.05) is 30.3 Å². The average Bonchev–Trinajstić information content (AvgIpc) is 2.83. The maximum absolute atomic E-state index is 12.0. The Morgan fingerprint density at radius 3 is 2.44 bits per heavy atom. The van der Waals surface area contributed by atoms with E-state index in [2.05, 4.69) is 26.0 Å². The normalized spacial score (nSPS) is 11.4. The van der Waals surface area contributed by atoms with Crippen LogP contribution in [0.4, 0.5) is 5.95 Å². The van der Waals surface area contributed by atoms with Crippen molar-refractivity contribution in [2.24, 2.45) is 0 Å². The number of ether oxygens (including phenoxy) is 2. The van der Waals surface area contributed by atoms with Crippen molar-refractivity contribution < 1.29 is 19.4 Å². The lowest BCUT2D eigenvalue weighted by molar-refractivity contribution is 0.0600. The van der Waals surface area contributed by atoms with Crippen molar-refractivity contribution in [1.82, 2.24) is 9.97 Å². The molecule has 0 unspecified atom stereocenters. The summed E-state index contributed by atoms with van der Waals surface area (Å²) in [6.45, 7) is 6.15. The van der Waals surface area contributed by atoms with E-state index in [0.29, 0.717) is 17.2 Å². The summed E-state index contributed by atoms with van der Waals surface area (Å²) in [7, 11) is 2.96. The van der Waals surface area contributed by atoms with Gasteiger partial charge >= 0.3 is 5.97 Å². The second kappa shape index (κ2) is 11.8. The zero-order valence-corrected chi connectivity index (χ0v) is 20.8. The third kappa shape index (κ3) is 6.02. The van der Waals surface area contributed by atoms with E-state index in [0.717, 1.165) is 32.9 Å². The first-order chi connectivity index (χ1) is 16.4. The summed E-state index contributed by atoms with van der Waals surface area (Å²) >= 11 is 1.36. The number of rotatable bonds is 9. The number of hydrogen-bond donors (Lipinski definition) is 1. The summed E-state index contributed by atoms with van der Waals surface area (Å²) in [6, 6.07) is 15.2. The summed E-state index contributed by atoms with van der Waals surface area (Å²) < 4.78 is 12.1. The van der Waals surface area contributed by atoms with E-state index in [1.54, 1.807) is 31.4 Å². The van der Waals surface area contributed by atoms with Gasteiger partial charge in [0, 0.05) is 17.6 Å². The minimum Gasteiger partial charge on any atom is -0.465 e. The quantitative estimate of drug-likeness (QED) is 0.259. The molecule has 0 atom stereocenters. The smallest absolute Gasteiger partial charge is 0.337 e. The molecule has 0 spiro atoms. The highest BCUT2D eigenvalue weighted by Crippen LogP contribution is 2.32. The lowest BCUT2D eigenvalue weighted by Crippen LogP contribution is -2.20. The number of methoxy groups -OCH3 is 2. The third-order valence-corrected chi connectivity index (χ3v) is 6.15. The van der Waals surface area contributed by atoms with Crippen LogP contribution in [-0.2, 0) is 9.47 Å². The summed E-state index contributed by atoms with van der Waals surface area (Å²) in [4.78, 5) is 22.4. The first kappa shape index (κ1) is 25.4. The van der Waals surface area contributed by atoms with Gasteiger partial charge in [-0.05, 0) is 73.7 Å². The largest absolute Gasteiger partial charge is 0.465 e. The molecule has 0 saturated heterocycles. The minimum absolute atomic E-state index is 0.0826. The first-order valence-corrected chi connectivity index (χ1v) is 11.5. The minimum atomic E-state index is -0.402. The molecule has 34 heavy (non-hydrogen) atoms. The van der Waals surface area contributed by atoms with Gasteiger partial charge in [-0.15, -0.1) is 0 Å². The van der Waals surface area contributed by atoms with Gasteiger partial charge < -0.3 is 14.6 Å². The molecule has 3 rings (SSSR count). The zero-order chi connectivity index (χ0) is 24.7. The van der Waals surface area contributed by atoms with Crippen LogP contribution in [0.1, 0.15) is 34.1 Å². The van der Waals surface area contributed by atoms with Gasteiger partial charge in [0.15, 0.2) is 0 Å². The molecule has 0 radical (unpaired) electrons. The Kier molecular flexibility index (Phi) is 8.81. The molecule has 0 bridgehead atoms. The molecule has 2 aromatic carbocycles. The van der Waals surface area contributed by atoms with Gasteiger partial charge in [-0.25, -0.2) is 14.8 Å². The van der Waals surface area contributed by atoms with Crippen LogP contribution in [0.15, 0.2) is 59.5 Å². The number of carbonyl (C=O) groups is 1. The number of carbonyl (C=O) groups excluding carboxylic acids is 1. The molecule has 0 amide bonds. The van der Waals surface area contributed by atoms with E-state index in [4.69, 9.17) is 19.4 Å². The van der Waals surface area contributed by atoms with E-state index < -0.39 is 5.97 Å². The number of anilines is 1. The van der Waals surface area contributed by atoms with Gasteiger partial charge in [0.05, 0.1) is 30.7 Å². The van der Waals surface area contributed by atoms with Gasteiger partial charge in [-0.2, -0.15) is 0 Å². The van der Waals surface area contributed by atoms with Gasteiger partial charge in [0.2, 0.25) is 5.95 Å². The van der Waals surface area contributed by atoms with Gasteiger partial charge in [0.1, 0.15) is 6.73 Å². The van der Waals surface area contributed by atoms with Crippen molar-refractivity contribution in [2.75, 3.05) is 31.9 Å². The number of aliphatic hydroxyl groups excluding tert-OH is 1. The highest BCUT2D eigenvalue weighted by atomic mass is 32.2. The van der Waals surface area contributed by atoms with Crippen molar-refractivity contribution in [3.63, 3.8) is 0 Å². The van der Waals surface area contributed by atoms with Crippen LogP contribution in [0, 0.1) is 13.8 Å². The average molecular weight is 480 g/mol. The van der Waals surface area contributed by atoms with Gasteiger partial charge in [0.25, 0.3) is 0 Å². The molecule has 0 aliphatic heterocycles. The van der Waals surface area contributed by atoms with Crippen molar-refractivity contribution in [3.05, 3.63) is 77.0 Å². The van der Waals surface area contributed by atoms with E-state index in [-0.39, 0.29) is 13.3 Å². The molecular formula is C26H29N3O4S. The Hall–Kier alpha value is -3.20. The van der Waals surface area contributed by atoms with E-state index in [1.807, 2.05) is 29.4 Å². The van der Waals surface area contributed by atoms with Crippen LogP contribution >= 0.6 is 11.9 Å². The fourth-order valence-corrected chi connectivity index (χ4v) is 4.40. The fraction of sp³-hybridized carbons (Fsp3) is 0.269. The molecule has 1 heterocycles. The lowest BCUT2D eigenvalue weighted by atomic mass is 9.99. The second-order valence-electron chi connectivity index (χ2n) is 7.68. The number of aliphatic hydroxyl groups is 1. The number of benzene rings is 2. The lowest BCUT2D eigenvalue weighted by Gasteiger charge is -2.22. The summed E-state index contributed by atoms with van der Waals surface area (Å²) in [5, 5.41) is 9.43. The number of nitrogens with zero attached hydrogens (tertiary/aromatic N) is 3. The van der Waals surface area contributed by atoms with Crippen molar-refractivity contribution in [3.8, 4) is 11.3 Å². The topological polar surface area (TPSA) is 84.8 Å². The van der Waals surface area contributed by atoms with E-state index >= 15 is 0 Å². The van der Waals surface area contributed by atoms with E-state index in [1.165, 1.54) is 19.1 Å². The van der Waals surface area contributed by atoms with Crippen molar-refractivity contribution in [2.45, 2.75) is 25.7 Å². The Labute approximate surface area is 204 Å². The molecule has 8 heteroatoms. The molecule has 7 nitrogen and oxygen atoms in total. The Morgan fingerprint density at radius 2 is 1.79 bits per heavy atom. The molecule has 3 aromatic rings. The molecule has 1 N–H and O–H groups in total. The summed E-state index contributed by atoms with van der Waals surface area (Å²) in [5.74, 6) is 0.0530. The molecule has 0 saturated carbocycles. The van der Waals surface area contributed by atoms with Crippen LogP contribution in [0.5, 0.6) is 0 Å². The van der Waals surface area contributed by atoms with Crippen LogP contribution in [0.25, 0.3) is 16.8 Å². The molecule has 1 aromatic heterocycles. The molecule has 0 aliphatic carbocycles. The number of aromatic nitrogens is 2. The Bertz CT molecular complexity index is 1180. The standard InChI is InChI=1S/C26H29N3O4S/c1-17(12-13-30)22-15-23(24-18(2)8-6-9-19(24)3)28-26(27-22)29(16-32-4)34-21-11-7-10-20(14-21)25(31)33-5/h6-12,14-15,30H,13,16H2,1-5H3/b17-12+. The molecule has 178 valence electrons. The van der Waals surface area contributed by atoms with Crippen LogP contribution in [0.3, 0.4) is 0 Å². The Balaban J connectivity index is 2.11. The Morgan fingerprint density at radius 1 is 1.09 bits per heavy atom. The fourth-order valence-electron chi connectivity index (χ4n) is 3.50. The first-order valence-electron chi connectivity index (χ1n) is 10.7. The number of allylic oxidation sites excluding steroid dienone is 1. The van der Waals surface area contributed by atoms with Crippen LogP contribution in [0.2, 0.25) is 0 Å². The van der Waals surface area contributed by atoms with Gasteiger partial charge in [-0.3, -0.25) is 4.31 Å². The predicted molar refractivity (Wildman–Crippen MR) is 136 cm³/mol. The monoisotopic (exact) mass is 479 g/mol. The van der Waals surface area contributed by atoms with Crippen molar-refractivity contribution in [1.29, 1.82) is 0 Å². The predicted octanol–water partition coefficient (Wildman–Crippen LogP) is 5.06. The highest BCUT2D eigenvalue weighted by Gasteiger charge is 2.18. The third-order valence-electron chi connectivity index (χ3n) is 5.19. The maximum Gasteiger partial charge on any atom is 0.337 e. The van der Waals surface area contributed by atoms with E-state index in [9.17, 15) is 9.90 Å². The molecule has 0 aliphatic rings. The molecular weight excluding hydrogens is 450 g/mol. The summed E-state index contributed by atoms with van der Waals surface area (Å²) in [5.41, 5.74) is 6.05. The number of aryl methyl sites for hydroxylation is 2. The van der Waals surface area contributed by atoms with Crippen molar-refractivity contribution >= 4 is 29.4 Å². The summed E-state index contributed by atoms with van der Waals surface area (Å²) in [6.07, 6.45) is 1.72. The maximum atomic E-state index is 12.0. The molecule has 0 fully saturated rings. The number of esters is 1. The highest BCUT2D eigenvalue weighted by molar-refractivity contribution is 8.00. The number of hydrogen-bond acceptors (Lipinski definition) is 8. The van der Waals surface area contributed by atoms with Crippen LogP contribution in [-0.4, -0.2) is 48.6 Å². The zero-order valence-electron chi connectivity index (χ0n) is 20.0. The van der Waals surface area contributed by atoms with Crippen LogP contribution < -0.4 is 4.31 Å².